The highest BCUT2D eigenvalue weighted by Gasteiger charge is 2.04. The minimum Gasteiger partial charge on any atom is -0.324 e. The summed E-state index contributed by atoms with van der Waals surface area (Å²) in [6.45, 7) is 4.94. The molecule has 6 nitrogen and oxygen atoms in total. The number of amides is 1. The minimum absolute atomic E-state index is 0.0739. The third-order valence-corrected chi connectivity index (χ3v) is 2.64. The van der Waals surface area contributed by atoms with Gasteiger partial charge in [0.1, 0.15) is 11.6 Å². The zero-order chi connectivity index (χ0) is 13.7. The van der Waals surface area contributed by atoms with Crippen LogP contribution in [-0.4, -0.2) is 33.5 Å². The average Bonchev–Trinajstić information content (AvgIpc) is 2.83. The lowest BCUT2D eigenvalue weighted by Crippen LogP contribution is -2.27. The van der Waals surface area contributed by atoms with Gasteiger partial charge in [-0.3, -0.25) is 9.36 Å². The molecule has 0 bridgehead atoms. The number of carbonyl (C=O) groups excluding carboxylic acids is 1. The molecule has 2 aromatic heterocycles. The molecular formula is C13H17N5O. The van der Waals surface area contributed by atoms with E-state index in [0.29, 0.717) is 12.2 Å². The molecule has 100 valence electrons. The van der Waals surface area contributed by atoms with Crippen LogP contribution < -0.4 is 10.6 Å². The van der Waals surface area contributed by atoms with E-state index in [1.165, 1.54) is 0 Å². The lowest BCUT2D eigenvalue weighted by atomic mass is 10.4. The van der Waals surface area contributed by atoms with E-state index in [1.807, 2.05) is 36.7 Å². The Balaban J connectivity index is 2.03. The van der Waals surface area contributed by atoms with Gasteiger partial charge in [0.2, 0.25) is 5.91 Å². The molecule has 0 saturated carbocycles. The summed E-state index contributed by atoms with van der Waals surface area (Å²) in [6, 6.07) is 3.67. The average molecular weight is 259 g/mol. The Morgan fingerprint density at radius 3 is 2.79 bits per heavy atom. The maximum Gasteiger partial charge on any atom is 0.238 e. The van der Waals surface area contributed by atoms with Gasteiger partial charge in [-0.05, 0) is 25.6 Å². The van der Waals surface area contributed by atoms with Gasteiger partial charge in [-0.15, -0.1) is 0 Å². The van der Waals surface area contributed by atoms with Crippen molar-refractivity contribution < 1.29 is 4.79 Å². The summed E-state index contributed by atoms with van der Waals surface area (Å²) in [5.41, 5.74) is 0.685. The fraction of sp³-hybridized carbons (Fsp3) is 0.308. The largest absolute Gasteiger partial charge is 0.324 e. The van der Waals surface area contributed by atoms with Crippen molar-refractivity contribution in [2.75, 3.05) is 18.4 Å². The molecule has 0 aromatic carbocycles. The van der Waals surface area contributed by atoms with Crippen molar-refractivity contribution >= 4 is 11.6 Å². The van der Waals surface area contributed by atoms with Crippen molar-refractivity contribution in [3.8, 4) is 5.82 Å². The van der Waals surface area contributed by atoms with Crippen LogP contribution in [0.5, 0.6) is 0 Å². The molecule has 0 radical (unpaired) electrons. The second-order valence-electron chi connectivity index (χ2n) is 4.08. The van der Waals surface area contributed by atoms with Crippen molar-refractivity contribution in [1.82, 2.24) is 19.9 Å². The quantitative estimate of drug-likeness (QED) is 0.844. The smallest absolute Gasteiger partial charge is 0.238 e. The van der Waals surface area contributed by atoms with Crippen LogP contribution in [0.4, 0.5) is 5.69 Å². The van der Waals surface area contributed by atoms with Crippen LogP contribution in [0.15, 0.2) is 30.7 Å². The summed E-state index contributed by atoms with van der Waals surface area (Å²) in [5, 5.41) is 5.74. The van der Waals surface area contributed by atoms with Crippen LogP contribution in [0.1, 0.15) is 12.7 Å². The van der Waals surface area contributed by atoms with Gasteiger partial charge in [-0.25, -0.2) is 9.97 Å². The number of nitrogens with zero attached hydrogens (tertiary/aromatic N) is 3. The Bertz CT molecular complexity index is 546. The molecule has 1 amide bonds. The molecule has 0 aliphatic rings. The molecule has 0 atom stereocenters. The van der Waals surface area contributed by atoms with E-state index in [4.69, 9.17) is 0 Å². The highest BCUT2D eigenvalue weighted by molar-refractivity contribution is 5.92. The number of hydrogen-bond donors (Lipinski definition) is 2. The third kappa shape index (κ3) is 3.38. The van der Waals surface area contributed by atoms with Crippen LogP contribution in [0.25, 0.3) is 5.82 Å². The normalized spacial score (nSPS) is 10.4. The highest BCUT2D eigenvalue weighted by Crippen LogP contribution is 2.11. The van der Waals surface area contributed by atoms with Crippen molar-refractivity contribution in [2.45, 2.75) is 13.8 Å². The van der Waals surface area contributed by atoms with Crippen LogP contribution >= 0.6 is 0 Å². The van der Waals surface area contributed by atoms with Crippen LogP contribution in [-0.2, 0) is 4.79 Å². The van der Waals surface area contributed by atoms with Crippen molar-refractivity contribution in [3.05, 3.63) is 36.5 Å². The third-order valence-electron chi connectivity index (χ3n) is 2.64. The van der Waals surface area contributed by atoms with E-state index in [1.54, 1.807) is 12.4 Å². The minimum atomic E-state index is -0.0739. The molecule has 2 rings (SSSR count). The highest BCUT2D eigenvalue weighted by atomic mass is 16.1. The van der Waals surface area contributed by atoms with Crippen LogP contribution in [0.2, 0.25) is 0 Å². The van der Waals surface area contributed by atoms with E-state index in [2.05, 4.69) is 20.6 Å². The standard InChI is InChI=1S/C13H17N5O/c1-3-14-9-13(19)17-11-4-5-12(16-8-11)18-7-6-15-10(18)2/h4-8,14H,3,9H2,1-2H3,(H,17,19). The van der Waals surface area contributed by atoms with Crippen molar-refractivity contribution in [1.29, 1.82) is 0 Å². The summed E-state index contributed by atoms with van der Waals surface area (Å²) >= 11 is 0. The first-order valence-electron chi connectivity index (χ1n) is 6.17. The number of imidazole rings is 1. The molecule has 2 heterocycles. The number of hydrogen-bond acceptors (Lipinski definition) is 4. The maximum atomic E-state index is 11.5. The summed E-state index contributed by atoms with van der Waals surface area (Å²) in [5.74, 6) is 1.58. The molecular weight excluding hydrogens is 242 g/mol. The van der Waals surface area contributed by atoms with E-state index >= 15 is 0 Å². The second-order valence-corrected chi connectivity index (χ2v) is 4.08. The summed E-state index contributed by atoms with van der Waals surface area (Å²) in [6.07, 6.45) is 5.21. The number of nitrogens with one attached hydrogen (secondary N) is 2. The SMILES string of the molecule is CCNCC(=O)Nc1ccc(-n2ccnc2C)nc1. The Hall–Kier alpha value is -2.21. The van der Waals surface area contributed by atoms with E-state index in [0.717, 1.165) is 18.2 Å². The Morgan fingerprint density at radius 2 is 2.21 bits per heavy atom. The lowest BCUT2D eigenvalue weighted by molar-refractivity contribution is -0.115. The van der Waals surface area contributed by atoms with E-state index < -0.39 is 0 Å². The molecule has 0 aliphatic carbocycles. The van der Waals surface area contributed by atoms with Crippen LogP contribution in [0, 0.1) is 6.92 Å². The van der Waals surface area contributed by atoms with Gasteiger partial charge in [0, 0.05) is 12.4 Å². The van der Waals surface area contributed by atoms with Gasteiger partial charge in [-0.2, -0.15) is 0 Å². The fourth-order valence-electron chi connectivity index (χ4n) is 1.67. The summed E-state index contributed by atoms with van der Waals surface area (Å²) < 4.78 is 1.88. The number of pyridine rings is 1. The van der Waals surface area contributed by atoms with Crippen molar-refractivity contribution in [3.63, 3.8) is 0 Å². The lowest BCUT2D eigenvalue weighted by Gasteiger charge is -2.07. The molecule has 0 saturated heterocycles. The molecule has 0 fully saturated rings. The number of likely N-dealkylation sites (N-methyl/N-ethyl adjacent to an activating group) is 1. The molecule has 6 heteroatoms. The number of rotatable bonds is 5. The van der Waals surface area contributed by atoms with Gasteiger partial charge < -0.3 is 10.6 Å². The molecule has 2 aromatic rings. The first-order chi connectivity index (χ1) is 9.20. The van der Waals surface area contributed by atoms with E-state index in [9.17, 15) is 4.79 Å². The Morgan fingerprint density at radius 1 is 1.37 bits per heavy atom. The van der Waals surface area contributed by atoms with E-state index in [-0.39, 0.29) is 5.91 Å². The first kappa shape index (κ1) is 13.2. The first-order valence-corrected chi connectivity index (χ1v) is 6.17. The topological polar surface area (TPSA) is 71.8 Å². The van der Waals surface area contributed by atoms with Gasteiger partial charge >= 0.3 is 0 Å². The monoisotopic (exact) mass is 259 g/mol. The Labute approximate surface area is 111 Å². The number of aromatic nitrogens is 3. The van der Waals surface area contributed by atoms with Gasteiger partial charge in [-0.1, -0.05) is 6.92 Å². The molecule has 2 N–H and O–H groups in total. The number of anilines is 1. The van der Waals surface area contributed by atoms with Gasteiger partial charge in [0.15, 0.2) is 0 Å². The Kier molecular flexibility index (Phi) is 4.25. The summed E-state index contributed by atoms with van der Waals surface area (Å²) in [7, 11) is 0. The predicted octanol–water partition coefficient (Wildman–Crippen LogP) is 1.12. The molecule has 0 aliphatic heterocycles. The molecule has 0 spiro atoms. The molecule has 0 unspecified atom stereocenters. The number of carbonyl (C=O) groups is 1. The maximum absolute atomic E-state index is 11.5. The van der Waals surface area contributed by atoms with Gasteiger partial charge in [0.05, 0.1) is 18.4 Å². The zero-order valence-electron chi connectivity index (χ0n) is 11.1. The molecule has 19 heavy (non-hydrogen) atoms. The number of aryl methyl sites for hydroxylation is 1. The fourth-order valence-corrected chi connectivity index (χ4v) is 1.67. The summed E-state index contributed by atoms with van der Waals surface area (Å²) in [4.78, 5) is 20.0. The van der Waals surface area contributed by atoms with Crippen LogP contribution in [0.3, 0.4) is 0 Å². The van der Waals surface area contributed by atoms with Gasteiger partial charge in [0.25, 0.3) is 0 Å². The van der Waals surface area contributed by atoms with Crippen molar-refractivity contribution in [2.24, 2.45) is 0 Å². The predicted molar refractivity (Wildman–Crippen MR) is 73.3 cm³/mol. The second kappa shape index (κ2) is 6.10. The zero-order valence-corrected chi connectivity index (χ0v) is 11.1.